The average Bonchev–Trinajstić information content (AvgIpc) is 2.99. The summed E-state index contributed by atoms with van der Waals surface area (Å²) >= 11 is 0. The highest BCUT2D eigenvalue weighted by Crippen LogP contribution is 2.28. The SMILES string of the molecule is CC(C)(C)c1ccc(C(=Cc2ccc(C(=O)NCCS(=O)(=O)O)cc2)C(=O)Nc2ccc(OCC3CCCCC3)cc2)cc1. The lowest BCUT2D eigenvalue weighted by Crippen LogP contribution is -2.28. The quantitative estimate of drug-likeness (QED) is 0.124. The summed E-state index contributed by atoms with van der Waals surface area (Å²) in [5.41, 5.74) is 3.98. The van der Waals surface area contributed by atoms with Gasteiger partial charge in [0.25, 0.3) is 21.9 Å². The van der Waals surface area contributed by atoms with Crippen molar-refractivity contribution in [3.63, 3.8) is 0 Å². The van der Waals surface area contributed by atoms with Crippen LogP contribution >= 0.6 is 0 Å². The molecule has 1 aliphatic rings. The molecule has 4 rings (SSSR count). The van der Waals surface area contributed by atoms with E-state index in [1.54, 1.807) is 30.3 Å². The minimum Gasteiger partial charge on any atom is -0.493 e. The molecule has 44 heavy (non-hydrogen) atoms. The Morgan fingerprint density at radius 3 is 2.09 bits per heavy atom. The number of anilines is 1. The maximum Gasteiger partial charge on any atom is 0.266 e. The summed E-state index contributed by atoms with van der Waals surface area (Å²) in [6.07, 6.45) is 8.05. The predicted octanol–water partition coefficient (Wildman–Crippen LogP) is 6.74. The number of rotatable bonds is 11. The first kappa shape index (κ1) is 33.0. The Morgan fingerprint density at radius 1 is 0.886 bits per heavy atom. The fraction of sp³-hybridized carbons (Fsp3) is 0.371. The molecule has 3 aromatic carbocycles. The normalized spacial score (nSPS) is 14.6. The Labute approximate surface area is 260 Å². The van der Waals surface area contributed by atoms with Crippen LogP contribution in [0.3, 0.4) is 0 Å². The van der Waals surface area contributed by atoms with Crippen molar-refractivity contribution in [3.8, 4) is 5.75 Å². The van der Waals surface area contributed by atoms with Gasteiger partial charge in [-0.05, 0) is 83.3 Å². The zero-order chi connectivity index (χ0) is 31.7. The molecule has 0 heterocycles. The van der Waals surface area contributed by atoms with E-state index in [2.05, 4.69) is 31.4 Å². The van der Waals surface area contributed by atoms with E-state index in [1.165, 1.54) is 32.1 Å². The predicted molar refractivity (Wildman–Crippen MR) is 175 cm³/mol. The molecule has 0 spiro atoms. The lowest BCUT2D eigenvalue weighted by atomic mass is 9.86. The smallest absolute Gasteiger partial charge is 0.266 e. The Hall–Kier alpha value is -3.95. The van der Waals surface area contributed by atoms with Crippen LogP contribution in [0.15, 0.2) is 72.8 Å². The van der Waals surface area contributed by atoms with Crippen LogP contribution in [-0.4, -0.2) is 43.7 Å². The molecule has 3 N–H and O–H groups in total. The van der Waals surface area contributed by atoms with Gasteiger partial charge in [0, 0.05) is 23.4 Å². The van der Waals surface area contributed by atoms with Gasteiger partial charge in [-0.25, -0.2) is 0 Å². The Balaban J connectivity index is 1.50. The third-order valence-corrected chi connectivity index (χ3v) is 8.48. The molecule has 0 atom stereocenters. The van der Waals surface area contributed by atoms with E-state index in [9.17, 15) is 18.0 Å². The number of carbonyl (C=O) groups is 2. The first-order chi connectivity index (χ1) is 20.9. The molecule has 9 heteroatoms. The fourth-order valence-electron chi connectivity index (χ4n) is 5.12. The summed E-state index contributed by atoms with van der Waals surface area (Å²) in [5, 5.41) is 5.47. The standard InChI is InChI=1S/C35H42N2O6S/c1-35(2,3)29-15-13-27(14-16-29)32(23-25-9-11-28(12-10-25)33(38)36-21-22-44(40,41)42)34(39)37-30-17-19-31(20-18-30)43-24-26-7-5-4-6-8-26/h9-20,23,26H,4-8,21-22,24H2,1-3H3,(H,36,38)(H,37,39)(H,40,41,42). The highest BCUT2D eigenvalue weighted by Gasteiger charge is 2.18. The number of nitrogens with one attached hydrogen (secondary N) is 2. The van der Waals surface area contributed by atoms with Crippen molar-refractivity contribution in [2.75, 3.05) is 24.2 Å². The number of amides is 2. The second-order valence-corrected chi connectivity index (χ2v) is 13.9. The van der Waals surface area contributed by atoms with E-state index in [0.29, 0.717) is 34.9 Å². The van der Waals surface area contributed by atoms with Crippen LogP contribution in [0.2, 0.25) is 0 Å². The lowest BCUT2D eigenvalue weighted by Gasteiger charge is -2.21. The Kier molecular flexibility index (Phi) is 11.0. The van der Waals surface area contributed by atoms with E-state index in [4.69, 9.17) is 9.29 Å². The van der Waals surface area contributed by atoms with Crippen molar-refractivity contribution in [1.29, 1.82) is 0 Å². The van der Waals surface area contributed by atoms with Crippen LogP contribution in [0, 0.1) is 5.92 Å². The number of carbonyl (C=O) groups excluding carboxylic acids is 2. The van der Waals surface area contributed by atoms with Gasteiger partial charge in [0.05, 0.1) is 12.4 Å². The number of hydrogen-bond donors (Lipinski definition) is 3. The summed E-state index contributed by atoms with van der Waals surface area (Å²) in [7, 11) is -4.17. The van der Waals surface area contributed by atoms with Gasteiger partial charge in [-0.1, -0.05) is 76.4 Å². The average molecular weight is 619 g/mol. The molecule has 0 bridgehead atoms. The van der Waals surface area contributed by atoms with Crippen LogP contribution in [0.1, 0.15) is 79.9 Å². The van der Waals surface area contributed by atoms with Crippen LogP contribution < -0.4 is 15.4 Å². The van der Waals surface area contributed by atoms with Crippen molar-refractivity contribution in [2.45, 2.75) is 58.3 Å². The molecule has 3 aromatic rings. The number of hydrogen-bond acceptors (Lipinski definition) is 5. The van der Waals surface area contributed by atoms with E-state index in [-0.39, 0.29) is 17.9 Å². The van der Waals surface area contributed by atoms with Gasteiger partial charge in [0.15, 0.2) is 0 Å². The largest absolute Gasteiger partial charge is 0.493 e. The van der Waals surface area contributed by atoms with E-state index in [0.717, 1.165) is 16.9 Å². The molecule has 1 saturated carbocycles. The molecule has 0 unspecified atom stereocenters. The molecule has 2 amide bonds. The van der Waals surface area contributed by atoms with Gasteiger partial charge in [0.1, 0.15) is 5.75 Å². The van der Waals surface area contributed by atoms with E-state index >= 15 is 0 Å². The lowest BCUT2D eigenvalue weighted by molar-refractivity contribution is -0.111. The fourth-order valence-corrected chi connectivity index (χ4v) is 5.48. The van der Waals surface area contributed by atoms with Crippen LogP contribution in [0.4, 0.5) is 5.69 Å². The minimum atomic E-state index is -4.17. The molecule has 1 aliphatic carbocycles. The van der Waals surface area contributed by atoms with E-state index < -0.39 is 21.8 Å². The molecule has 0 aliphatic heterocycles. The summed E-state index contributed by atoms with van der Waals surface area (Å²) in [6, 6.07) is 22.0. The third kappa shape index (κ3) is 10.1. The molecular weight excluding hydrogens is 576 g/mol. The molecule has 1 fully saturated rings. The van der Waals surface area contributed by atoms with Crippen molar-refractivity contribution < 1.29 is 27.3 Å². The molecular formula is C35H42N2O6S. The van der Waals surface area contributed by atoms with Gasteiger partial charge in [-0.3, -0.25) is 14.1 Å². The summed E-state index contributed by atoms with van der Waals surface area (Å²) in [4.78, 5) is 26.0. The highest BCUT2D eigenvalue weighted by molar-refractivity contribution is 7.85. The van der Waals surface area contributed by atoms with Crippen LogP contribution in [0.25, 0.3) is 11.6 Å². The van der Waals surface area contributed by atoms with Crippen LogP contribution in [-0.2, 0) is 20.3 Å². The zero-order valence-electron chi connectivity index (χ0n) is 25.6. The van der Waals surface area contributed by atoms with Gasteiger partial charge in [0.2, 0.25) is 0 Å². The van der Waals surface area contributed by atoms with Crippen molar-refractivity contribution in [3.05, 3.63) is 95.1 Å². The minimum absolute atomic E-state index is 0.0385. The zero-order valence-corrected chi connectivity index (χ0v) is 26.5. The molecule has 0 saturated heterocycles. The summed E-state index contributed by atoms with van der Waals surface area (Å²) < 4.78 is 36.7. The Bertz CT molecular complexity index is 1550. The van der Waals surface area contributed by atoms with Crippen molar-refractivity contribution >= 4 is 39.3 Å². The van der Waals surface area contributed by atoms with Gasteiger partial charge in [-0.15, -0.1) is 0 Å². The second kappa shape index (κ2) is 14.7. The van der Waals surface area contributed by atoms with E-state index in [1.807, 2.05) is 48.5 Å². The maximum atomic E-state index is 13.6. The monoisotopic (exact) mass is 618 g/mol. The molecule has 234 valence electrons. The Morgan fingerprint density at radius 2 is 1.50 bits per heavy atom. The third-order valence-electron chi connectivity index (χ3n) is 7.76. The number of ether oxygens (including phenoxy) is 1. The molecule has 0 radical (unpaired) electrons. The van der Waals surface area contributed by atoms with Gasteiger partial charge < -0.3 is 15.4 Å². The van der Waals surface area contributed by atoms with Gasteiger partial charge >= 0.3 is 0 Å². The van der Waals surface area contributed by atoms with Crippen LogP contribution in [0.5, 0.6) is 5.75 Å². The summed E-state index contributed by atoms with van der Waals surface area (Å²) in [6.45, 7) is 6.91. The van der Waals surface area contributed by atoms with Crippen molar-refractivity contribution in [2.24, 2.45) is 5.92 Å². The first-order valence-electron chi connectivity index (χ1n) is 15.1. The number of benzene rings is 3. The molecule has 8 nitrogen and oxygen atoms in total. The highest BCUT2D eigenvalue weighted by atomic mass is 32.2. The van der Waals surface area contributed by atoms with Crippen molar-refractivity contribution in [1.82, 2.24) is 5.32 Å². The molecule has 0 aromatic heterocycles. The summed E-state index contributed by atoms with van der Waals surface area (Å²) in [5.74, 6) is 0.0724. The first-order valence-corrected chi connectivity index (χ1v) is 16.7. The second-order valence-electron chi connectivity index (χ2n) is 12.3. The topological polar surface area (TPSA) is 122 Å². The maximum absolute atomic E-state index is 13.6. The van der Waals surface area contributed by atoms with Gasteiger partial charge in [-0.2, -0.15) is 8.42 Å².